The number of nitrogens with one attached hydrogen (secondary N) is 1. The summed E-state index contributed by atoms with van der Waals surface area (Å²) in [7, 11) is 1.72. The van der Waals surface area contributed by atoms with E-state index in [9.17, 15) is 0 Å². The van der Waals surface area contributed by atoms with Gasteiger partial charge in [0.15, 0.2) is 0 Å². The SMILES string of the molecule is COCCCCNCCOCCO. The lowest BCUT2D eigenvalue weighted by atomic mass is 10.3. The van der Waals surface area contributed by atoms with Crippen LogP contribution in [0, 0.1) is 0 Å². The van der Waals surface area contributed by atoms with Crippen LogP contribution < -0.4 is 5.32 Å². The lowest BCUT2D eigenvalue weighted by molar-refractivity contribution is 0.0938. The Kier molecular flexibility index (Phi) is 11.7. The molecule has 0 aliphatic rings. The third-order valence-corrected chi connectivity index (χ3v) is 1.61. The number of aliphatic hydroxyl groups excluding tert-OH is 1. The molecule has 0 unspecified atom stereocenters. The van der Waals surface area contributed by atoms with E-state index in [-0.39, 0.29) is 6.61 Å². The van der Waals surface area contributed by atoms with Crippen molar-refractivity contribution >= 4 is 0 Å². The molecule has 13 heavy (non-hydrogen) atoms. The predicted octanol–water partition coefficient (Wildman–Crippen LogP) is 0.0115. The fraction of sp³-hybridized carbons (Fsp3) is 1.00. The smallest absolute Gasteiger partial charge is 0.0698 e. The Morgan fingerprint density at radius 2 is 1.92 bits per heavy atom. The van der Waals surface area contributed by atoms with E-state index in [0.717, 1.165) is 32.5 Å². The van der Waals surface area contributed by atoms with E-state index < -0.39 is 0 Å². The number of aliphatic hydroxyl groups is 1. The second-order valence-corrected chi connectivity index (χ2v) is 2.79. The first kappa shape index (κ1) is 12.8. The van der Waals surface area contributed by atoms with Gasteiger partial charge in [-0.15, -0.1) is 0 Å². The summed E-state index contributed by atoms with van der Waals surface area (Å²) in [5.41, 5.74) is 0. The van der Waals surface area contributed by atoms with Crippen LogP contribution in [0.3, 0.4) is 0 Å². The van der Waals surface area contributed by atoms with Crippen LogP contribution in [0.25, 0.3) is 0 Å². The Labute approximate surface area is 80.2 Å². The highest BCUT2D eigenvalue weighted by Gasteiger charge is 1.89. The van der Waals surface area contributed by atoms with E-state index in [1.807, 2.05) is 0 Å². The standard InChI is InChI=1S/C9H21NO3/c1-12-7-3-2-4-10-5-8-13-9-6-11/h10-11H,2-9H2,1H3. The van der Waals surface area contributed by atoms with Gasteiger partial charge in [-0.25, -0.2) is 0 Å². The van der Waals surface area contributed by atoms with Crippen molar-refractivity contribution in [2.24, 2.45) is 0 Å². The lowest BCUT2D eigenvalue weighted by Gasteiger charge is -2.04. The maximum absolute atomic E-state index is 8.41. The first-order valence-electron chi connectivity index (χ1n) is 4.80. The number of unbranched alkanes of at least 4 members (excludes halogenated alkanes) is 1. The average Bonchev–Trinajstić information content (AvgIpc) is 2.16. The van der Waals surface area contributed by atoms with Gasteiger partial charge in [0.25, 0.3) is 0 Å². The van der Waals surface area contributed by atoms with Crippen LogP contribution in [-0.2, 0) is 9.47 Å². The van der Waals surface area contributed by atoms with E-state index in [4.69, 9.17) is 14.6 Å². The van der Waals surface area contributed by atoms with Crippen molar-refractivity contribution in [3.63, 3.8) is 0 Å². The quantitative estimate of drug-likeness (QED) is 0.478. The third-order valence-electron chi connectivity index (χ3n) is 1.61. The zero-order valence-electron chi connectivity index (χ0n) is 8.42. The van der Waals surface area contributed by atoms with Gasteiger partial charge in [0.05, 0.1) is 19.8 Å². The summed E-state index contributed by atoms with van der Waals surface area (Å²) in [6.07, 6.45) is 2.23. The van der Waals surface area contributed by atoms with E-state index in [1.165, 1.54) is 0 Å². The topological polar surface area (TPSA) is 50.7 Å². The molecule has 2 N–H and O–H groups in total. The summed E-state index contributed by atoms with van der Waals surface area (Å²) < 4.78 is 9.99. The molecule has 0 radical (unpaired) electrons. The van der Waals surface area contributed by atoms with Gasteiger partial charge in [-0.05, 0) is 19.4 Å². The molecule has 0 aliphatic heterocycles. The van der Waals surface area contributed by atoms with Gasteiger partial charge >= 0.3 is 0 Å². The molecule has 0 aliphatic carbocycles. The Bertz CT molecular complexity index is 80.9. The zero-order valence-corrected chi connectivity index (χ0v) is 8.42. The van der Waals surface area contributed by atoms with Crippen molar-refractivity contribution < 1.29 is 14.6 Å². The Balaban J connectivity index is 2.76. The van der Waals surface area contributed by atoms with Crippen molar-refractivity contribution in [2.45, 2.75) is 12.8 Å². The summed E-state index contributed by atoms with van der Waals surface area (Å²) in [4.78, 5) is 0. The molecule has 0 fully saturated rings. The molecule has 0 saturated heterocycles. The number of ether oxygens (including phenoxy) is 2. The van der Waals surface area contributed by atoms with Gasteiger partial charge in [0.2, 0.25) is 0 Å². The van der Waals surface area contributed by atoms with Gasteiger partial charge in [0.1, 0.15) is 0 Å². The van der Waals surface area contributed by atoms with Crippen LogP contribution in [0.15, 0.2) is 0 Å². The molecule has 0 bridgehead atoms. The highest BCUT2D eigenvalue weighted by Crippen LogP contribution is 1.86. The fourth-order valence-corrected chi connectivity index (χ4v) is 0.932. The predicted molar refractivity (Wildman–Crippen MR) is 51.9 cm³/mol. The van der Waals surface area contributed by atoms with Crippen LogP contribution in [0.4, 0.5) is 0 Å². The molecule has 80 valence electrons. The summed E-state index contributed by atoms with van der Waals surface area (Å²) in [5, 5.41) is 11.6. The van der Waals surface area contributed by atoms with Crippen LogP contribution in [0.1, 0.15) is 12.8 Å². The highest BCUT2D eigenvalue weighted by atomic mass is 16.5. The van der Waals surface area contributed by atoms with Crippen LogP contribution in [0.2, 0.25) is 0 Å². The third kappa shape index (κ3) is 11.8. The lowest BCUT2D eigenvalue weighted by Crippen LogP contribution is -2.21. The maximum atomic E-state index is 8.41. The van der Waals surface area contributed by atoms with E-state index >= 15 is 0 Å². The van der Waals surface area contributed by atoms with Crippen LogP contribution in [-0.4, -0.2) is 51.7 Å². The summed E-state index contributed by atoms with van der Waals surface area (Å²) >= 11 is 0. The van der Waals surface area contributed by atoms with Gasteiger partial charge in [-0.2, -0.15) is 0 Å². The summed E-state index contributed by atoms with van der Waals surface area (Å²) in [6.45, 7) is 3.91. The normalized spacial score (nSPS) is 10.6. The largest absolute Gasteiger partial charge is 0.394 e. The Morgan fingerprint density at radius 3 is 2.62 bits per heavy atom. The minimum atomic E-state index is 0.105. The average molecular weight is 191 g/mol. The van der Waals surface area contributed by atoms with E-state index in [1.54, 1.807) is 7.11 Å². The molecule has 4 heteroatoms. The van der Waals surface area contributed by atoms with Crippen molar-refractivity contribution in [1.82, 2.24) is 5.32 Å². The van der Waals surface area contributed by atoms with Gasteiger partial charge in [0, 0.05) is 20.3 Å². The summed E-state index contributed by atoms with van der Waals surface area (Å²) in [5.74, 6) is 0. The van der Waals surface area contributed by atoms with Crippen molar-refractivity contribution in [3.8, 4) is 0 Å². The van der Waals surface area contributed by atoms with Gasteiger partial charge in [-0.1, -0.05) is 0 Å². The number of methoxy groups -OCH3 is 1. The zero-order chi connectivity index (χ0) is 9.78. The molecular weight excluding hydrogens is 170 g/mol. The minimum absolute atomic E-state index is 0.105. The van der Waals surface area contributed by atoms with Crippen LogP contribution in [0.5, 0.6) is 0 Å². The molecule has 0 rings (SSSR count). The van der Waals surface area contributed by atoms with Crippen molar-refractivity contribution in [3.05, 3.63) is 0 Å². The second-order valence-electron chi connectivity index (χ2n) is 2.79. The first-order chi connectivity index (χ1) is 6.41. The molecule has 0 heterocycles. The van der Waals surface area contributed by atoms with Crippen molar-refractivity contribution in [2.75, 3.05) is 46.6 Å². The monoisotopic (exact) mass is 191 g/mol. The maximum Gasteiger partial charge on any atom is 0.0698 e. The molecule has 0 saturated carbocycles. The molecule has 0 aromatic heterocycles. The molecule has 4 nitrogen and oxygen atoms in total. The van der Waals surface area contributed by atoms with E-state index in [0.29, 0.717) is 13.2 Å². The van der Waals surface area contributed by atoms with Gasteiger partial charge < -0.3 is 19.9 Å². The van der Waals surface area contributed by atoms with Crippen LogP contribution >= 0.6 is 0 Å². The number of hydrogen-bond donors (Lipinski definition) is 2. The second kappa shape index (κ2) is 11.8. The molecule has 0 amide bonds. The van der Waals surface area contributed by atoms with Gasteiger partial charge in [-0.3, -0.25) is 0 Å². The molecule has 0 aromatic carbocycles. The molecule has 0 aromatic rings. The molecular formula is C9H21NO3. The van der Waals surface area contributed by atoms with E-state index in [2.05, 4.69) is 5.32 Å². The first-order valence-corrected chi connectivity index (χ1v) is 4.80. The number of hydrogen-bond acceptors (Lipinski definition) is 4. The Morgan fingerprint density at radius 1 is 1.08 bits per heavy atom. The molecule has 0 spiro atoms. The molecule has 0 atom stereocenters. The summed E-state index contributed by atoms with van der Waals surface area (Å²) in [6, 6.07) is 0. The van der Waals surface area contributed by atoms with Crippen molar-refractivity contribution in [1.29, 1.82) is 0 Å². The highest BCUT2D eigenvalue weighted by molar-refractivity contribution is 4.47. The fourth-order valence-electron chi connectivity index (χ4n) is 0.932. The Hall–Kier alpha value is -0.160. The number of rotatable bonds is 10. The minimum Gasteiger partial charge on any atom is -0.394 e.